The molecule has 3 rings (SSSR count). The molecule has 152 valence electrons. The fraction of sp³-hybridized carbons (Fsp3) is 0.273. The Hall–Kier alpha value is -3.32. The van der Waals surface area contributed by atoms with Crippen molar-refractivity contribution in [2.45, 2.75) is 18.9 Å². The molecule has 0 spiro atoms. The second kappa shape index (κ2) is 9.75. The lowest BCUT2D eigenvalue weighted by molar-refractivity contribution is 0.0949. The van der Waals surface area contributed by atoms with Gasteiger partial charge in [-0.3, -0.25) is 4.79 Å². The molecule has 0 aliphatic rings. The lowest BCUT2D eigenvalue weighted by atomic mass is 10.1. The number of oxazole rings is 1. The van der Waals surface area contributed by atoms with Crippen molar-refractivity contribution in [2.75, 3.05) is 20.8 Å². The first-order valence-electron chi connectivity index (χ1n) is 9.34. The highest BCUT2D eigenvalue weighted by atomic mass is 16.5. The first-order chi connectivity index (χ1) is 14.1. The first-order valence-corrected chi connectivity index (χ1v) is 9.34. The van der Waals surface area contributed by atoms with Crippen LogP contribution in [0.4, 0.5) is 0 Å². The van der Waals surface area contributed by atoms with Gasteiger partial charge < -0.3 is 24.9 Å². The van der Waals surface area contributed by atoms with Gasteiger partial charge in [-0.1, -0.05) is 30.3 Å². The van der Waals surface area contributed by atoms with Crippen LogP contribution in [0.2, 0.25) is 0 Å². The summed E-state index contributed by atoms with van der Waals surface area (Å²) in [4.78, 5) is 16.6. The molecule has 0 saturated heterocycles. The minimum absolute atomic E-state index is 0.209. The Morgan fingerprint density at radius 3 is 2.69 bits per heavy atom. The summed E-state index contributed by atoms with van der Waals surface area (Å²) in [7, 11) is 3.22. The van der Waals surface area contributed by atoms with E-state index in [0.717, 1.165) is 22.6 Å². The van der Waals surface area contributed by atoms with Gasteiger partial charge in [0.15, 0.2) is 5.69 Å². The SMILES string of the molecule is COc1ccc(OC)c(CCNC(=O)c2coc(C(N)Cc3ccccc3)n2)c1. The Labute approximate surface area is 169 Å². The van der Waals surface area contributed by atoms with E-state index in [-0.39, 0.29) is 11.6 Å². The average molecular weight is 395 g/mol. The van der Waals surface area contributed by atoms with Gasteiger partial charge in [0.25, 0.3) is 5.91 Å². The molecule has 0 aliphatic heterocycles. The molecule has 3 aromatic rings. The van der Waals surface area contributed by atoms with Crippen molar-refractivity contribution in [1.29, 1.82) is 0 Å². The minimum atomic E-state index is -0.417. The highest BCUT2D eigenvalue weighted by Crippen LogP contribution is 2.24. The monoisotopic (exact) mass is 395 g/mol. The van der Waals surface area contributed by atoms with E-state index >= 15 is 0 Å². The number of nitrogens with one attached hydrogen (secondary N) is 1. The van der Waals surface area contributed by atoms with Crippen LogP contribution >= 0.6 is 0 Å². The van der Waals surface area contributed by atoms with Gasteiger partial charge in [-0.05, 0) is 42.2 Å². The van der Waals surface area contributed by atoms with Crippen molar-refractivity contribution in [1.82, 2.24) is 10.3 Å². The number of hydrogen-bond acceptors (Lipinski definition) is 6. The third kappa shape index (κ3) is 5.36. The molecular weight excluding hydrogens is 370 g/mol. The molecule has 1 aromatic heterocycles. The van der Waals surface area contributed by atoms with Gasteiger partial charge in [0.2, 0.25) is 5.89 Å². The maximum atomic E-state index is 12.4. The maximum absolute atomic E-state index is 12.4. The number of rotatable bonds is 9. The molecule has 1 atom stereocenters. The Balaban J connectivity index is 1.55. The van der Waals surface area contributed by atoms with Crippen LogP contribution in [-0.2, 0) is 12.8 Å². The number of carbonyl (C=O) groups excluding carboxylic acids is 1. The summed E-state index contributed by atoms with van der Waals surface area (Å²) < 4.78 is 16.0. The molecular formula is C22H25N3O4. The molecule has 0 fully saturated rings. The highest BCUT2D eigenvalue weighted by molar-refractivity contribution is 5.91. The van der Waals surface area contributed by atoms with E-state index < -0.39 is 6.04 Å². The second-order valence-corrected chi connectivity index (χ2v) is 6.55. The minimum Gasteiger partial charge on any atom is -0.497 e. The lowest BCUT2D eigenvalue weighted by Gasteiger charge is -2.10. The Kier molecular flexibility index (Phi) is 6.86. The average Bonchev–Trinajstić information content (AvgIpc) is 3.25. The van der Waals surface area contributed by atoms with Crippen molar-refractivity contribution in [3.8, 4) is 11.5 Å². The second-order valence-electron chi connectivity index (χ2n) is 6.55. The Bertz CT molecular complexity index is 940. The van der Waals surface area contributed by atoms with Crippen LogP contribution in [0.3, 0.4) is 0 Å². The van der Waals surface area contributed by atoms with Gasteiger partial charge in [-0.25, -0.2) is 4.98 Å². The number of carbonyl (C=O) groups is 1. The van der Waals surface area contributed by atoms with Crippen molar-refractivity contribution in [3.05, 3.63) is 77.5 Å². The standard InChI is InChI=1S/C22H25N3O4/c1-27-17-8-9-20(28-2)16(13-17)10-11-24-21(26)19-14-29-22(25-19)18(23)12-15-6-4-3-5-7-15/h3-9,13-14,18H,10-12,23H2,1-2H3,(H,24,26). The fourth-order valence-corrected chi connectivity index (χ4v) is 3.00. The molecule has 1 unspecified atom stereocenters. The maximum Gasteiger partial charge on any atom is 0.273 e. The van der Waals surface area contributed by atoms with Crippen LogP contribution in [0.5, 0.6) is 11.5 Å². The van der Waals surface area contributed by atoms with Crippen LogP contribution in [0.15, 0.2) is 59.2 Å². The lowest BCUT2D eigenvalue weighted by Crippen LogP contribution is -2.26. The van der Waals surface area contributed by atoms with Crippen molar-refractivity contribution in [3.63, 3.8) is 0 Å². The predicted octanol–water partition coefficient (Wildman–Crippen LogP) is 2.91. The predicted molar refractivity (Wildman–Crippen MR) is 109 cm³/mol. The van der Waals surface area contributed by atoms with E-state index in [1.165, 1.54) is 6.26 Å². The zero-order valence-electron chi connectivity index (χ0n) is 16.6. The summed E-state index contributed by atoms with van der Waals surface area (Å²) in [6.07, 6.45) is 2.50. The summed E-state index contributed by atoms with van der Waals surface area (Å²) in [5.41, 5.74) is 8.39. The Morgan fingerprint density at radius 2 is 1.97 bits per heavy atom. The molecule has 2 aromatic carbocycles. The quantitative estimate of drug-likeness (QED) is 0.578. The number of nitrogens with two attached hydrogens (primary N) is 1. The molecule has 0 saturated carbocycles. The van der Waals surface area contributed by atoms with E-state index in [1.54, 1.807) is 14.2 Å². The normalized spacial score (nSPS) is 11.7. The summed E-state index contributed by atoms with van der Waals surface area (Å²) in [5, 5.41) is 2.84. The van der Waals surface area contributed by atoms with Crippen molar-refractivity contribution >= 4 is 5.91 Å². The number of aromatic nitrogens is 1. The van der Waals surface area contributed by atoms with Crippen molar-refractivity contribution < 1.29 is 18.7 Å². The zero-order chi connectivity index (χ0) is 20.6. The summed E-state index contributed by atoms with van der Waals surface area (Å²) in [5.74, 6) is 1.51. The number of hydrogen-bond donors (Lipinski definition) is 2. The molecule has 0 radical (unpaired) electrons. The zero-order valence-corrected chi connectivity index (χ0v) is 16.6. The molecule has 29 heavy (non-hydrogen) atoms. The van der Waals surface area contributed by atoms with E-state index in [1.807, 2.05) is 48.5 Å². The molecule has 7 heteroatoms. The third-order valence-corrected chi connectivity index (χ3v) is 4.54. The summed E-state index contributed by atoms with van der Waals surface area (Å²) in [6.45, 7) is 0.417. The van der Waals surface area contributed by atoms with Crippen molar-refractivity contribution in [2.24, 2.45) is 5.73 Å². The highest BCUT2D eigenvalue weighted by Gasteiger charge is 2.17. The summed E-state index contributed by atoms with van der Waals surface area (Å²) in [6, 6.07) is 15.0. The van der Waals surface area contributed by atoms with Crippen LogP contribution in [0.25, 0.3) is 0 Å². The van der Waals surface area contributed by atoms with E-state index in [0.29, 0.717) is 25.3 Å². The van der Waals surface area contributed by atoms with Crippen LogP contribution in [-0.4, -0.2) is 31.7 Å². The van der Waals surface area contributed by atoms with E-state index in [2.05, 4.69) is 10.3 Å². The first kappa shape index (κ1) is 20.4. The van der Waals surface area contributed by atoms with Gasteiger partial charge >= 0.3 is 0 Å². The number of benzene rings is 2. The number of amides is 1. The summed E-state index contributed by atoms with van der Waals surface area (Å²) >= 11 is 0. The van der Waals surface area contributed by atoms with Gasteiger partial charge in [0.05, 0.1) is 20.3 Å². The molecule has 1 amide bonds. The topological polar surface area (TPSA) is 99.6 Å². The number of nitrogens with zero attached hydrogens (tertiary/aromatic N) is 1. The smallest absolute Gasteiger partial charge is 0.273 e. The molecule has 0 aliphatic carbocycles. The van der Waals surface area contributed by atoms with E-state index in [4.69, 9.17) is 19.6 Å². The fourth-order valence-electron chi connectivity index (χ4n) is 3.00. The van der Waals surface area contributed by atoms with Crippen LogP contribution in [0, 0.1) is 0 Å². The largest absolute Gasteiger partial charge is 0.497 e. The van der Waals surface area contributed by atoms with E-state index in [9.17, 15) is 4.79 Å². The number of methoxy groups -OCH3 is 2. The molecule has 1 heterocycles. The third-order valence-electron chi connectivity index (χ3n) is 4.54. The van der Waals surface area contributed by atoms with Gasteiger partial charge in [0.1, 0.15) is 17.8 Å². The molecule has 7 nitrogen and oxygen atoms in total. The van der Waals surface area contributed by atoms with Gasteiger partial charge in [-0.15, -0.1) is 0 Å². The molecule has 0 bridgehead atoms. The van der Waals surface area contributed by atoms with Crippen LogP contribution < -0.4 is 20.5 Å². The Morgan fingerprint density at radius 1 is 1.17 bits per heavy atom. The van der Waals surface area contributed by atoms with Gasteiger partial charge in [0, 0.05) is 6.54 Å². The van der Waals surface area contributed by atoms with Crippen LogP contribution in [0.1, 0.15) is 33.5 Å². The van der Waals surface area contributed by atoms with Gasteiger partial charge in [-0.2, -0.15) is 0 Å². The molecule has 3 N–H and O–H groups in total. The number of ether oxygens (including phenoxy) is 2.